The molecule has 0 saturated heterocycles. The van der Waals surface area contributed by atoms with Crippen molar-refractivity contribution in [2.45, 2.75) is 57.5 Å². The molecule has 1 amide bonds. The Bertz CT molecular complexity index is 1200. The third-order valence-electron chi connectivity index (χ3n) is 7.22. The quantitative estimate of drug-likeness (QED) is 0.611. The molecule has 3 atom stereocenters. The van der Waals surface area contributed by atoms with Crippen molar-refractivity contribution in [3.8, 4) is 0 Å². The number of aromatic nitrogens is 2. The summed E-state index contributed by atoms with van der Waals surface area (Å²) < 4.78 is 7.33. The number of aryl methyl sites for hydroxylation is 1. The zero-order chi connectivity index (χ0) is 23.1. The topological polar surface area (TPSA) is 84.7 Å². The fourth-order valence-electron chi connectivity index (χ4n) is 5.55. The maximum atomic E-state index is 12.5. The van der Waals surface area contributed by atoms with Gasteiger partial charge in [0, 0.05) is 24.1 Å². The van der Waals surface area contributed by atoms with E-state index in [9.17, 15) is 14.7 Å². The van der Waals surface area contributed by atoms with Gasteiger partial charge in [-0.2, -0.15) is 0 Å². The molecule has 2 heterocycles. The van der Waals surface area contributed by atoms with Crippen LogP contribution in [0, 0.1) is 5.92 Å². The van der Waals surface area contributed by atoms with Crippen molar-refractivity contribution in [1.82, 2.24) is 9.55 Å². The van der Waals surface area contributed by atoms with E-state index in [1.165, 1.54) is 12.7 Å². The molecule has 1 fully saturated rings. The van der Waals surface area contributed by atoms with Gasteiger partial charge in [0.2, 0.25) is 0 Å². The van der Waals surface area contributed by atoms with Gasteiger partial charge in [-0.25, -0.2) is 9.78 Å². The number of nitrogens with zero attached hydrogens (tertiary/aromatic N) is 3. The first-order valence-electron chi connectivity index (χ1n) is 11.6. The number of ether oxygens (including phenoxy) is 1. The number of aliphatic carboxylic acids is 1. The molecule has 5 rings (SSSR count). The molecule has 1 aliphatic carbocycles. The lowest BCUT2D eigenvalue weighted by Gasteiger charge is -2.34. The van der Waals surface area contributed by atoms with Gasteiger partial charge in [0.05, 0.1) is 29.7 Å². The van der Waals surface area contributed by atoms with E-state index in [0.29, 0.717) is 19.3 Å². The number of amides is 1. The van der Waals surface area contributed by atoms with E-state index in [-0.39, 0.29) is 24.1 Å². The Labute approximate surface area is 193 Å². The lowest BCUT2D eigenvalue weighted by atomic mass is 9.95. The number of methoxy groups -OCH3 is 1. The predicted molar refractivity (Wildman–Crippen MR) is 126 cm³/mol. The Kier molecular flexibility index (Phi) is 5.56. The molecular formula is C26H29N3O4. The van der Waals surface area contributed by atoms with Crippen molar-refractivity contribution >= 4 is 28.8 Å². The standard InChI is InChI=1S/C26H29N3O4/c1-16-8-11-20-21(28(16)26(32)33-2)12-13-22-24(20)27-23(14-17-6-4-3-5-7-17)29(22)19-10-9-18(15-19)25(30)31/h3-7,12-13,16,18-19H,8-11,14-15H2,1-2H3,(H,30,31)/t16-,18-,19+/m0/s1. The highest BCUT2D eigenvalue weighted by atomic mass is 16.5. The van der Waals surface area contributed by atoms with Crippen LogP contribution in [0.15, 0.2) is 42.5 Å². The van der Waals surface area contributed by atoms with E-state index in [1.54, 1.807) is 4.90 Å². The molecule has 3 aromatic rings. The molecule has 1 aromatic heterocycles. The molecule has 33 heavy (non-hydrogen) atoms. The van der Waals surface area contributed by atoms with E-state index in [4.69, 9.17) is 9.72 Å². The highest BCUT2D eigenvalue weighted by Gasteiger charge is 2.35. The van der Waals surface area contributed by atoms with Gasteiger partial charge in [-0.1, -0.05) is 30.3 Å². The van der Waals surface area contributed by atoms with Crippen molar-refractivity contribution in [2.75, 3.05) is 12.0 Å². The first-order valence-corrected chi connectivity index (χ1v) is 11.6. The second-order valence-corrected chi connectivity index (χ2v) is 9.22. The van der Waals surface area contributed by atoms with Crippen LogP contribution in [-0.2, 0) is 22.4 Å². The largest absolute Gasteiger partial charge is 0.481 e. The van der Waals surface area contributed by atoms with Gasteiger partial charge in [-0.15, -0.1) is 0 Å². The Morgan fingerprint density at radius 3 is 2.61 bits per heavy atom. The monoisotopic (exact) mass is 447 g/mol. The van der Waals surface area contributed by atoms with Gasteiger partial charge >= 0.3 is 12.1 Å². The van der Waals surface area contributed by atoms with Crippen molar-refractivity contribution < 1.29 is 19.4 Å². The third-order valence-corrected chi connectivity index (χ3v) is 7.22. The summed E-state index contributed by atoms with van der Waals surface area (Å²) in [6.07, 6.45) is 4.13. The lowest BCUT2D eigenvalue weighted by molar-refractivity contribution is -0.141. The average molecular weight is 448 g/mol. The Morgan fingerprint density at radius 1 is 1.12 bits per heavy atom. The molecule has 7 nitrogen and oxygen atoms in total. The Morgan fingerprint density at radius 2 is 1.91 bits per heavy atom. The van der Waals surface area contributed by atoms with E-state index in [2.05, 4.69) is 16.7 Å². The average Bonchev–Trinajstić information content (AvgIpc) is 3.43. The third kappa shape index (κ3) is 3.75. The minimum Gasteiger partial charge on any atom is -0.481 e. The highest BCUT2D eigenvalue weighted by molar-refractivity contribution is 5.95. The van der Waals surface area contributed by atoms with E-state index < -0.39 is 5.97 Å². The summed E-state index contributed by atoms with van der Waals surface area (Å²) in [6.45, 7) is 2.04. The van der Waals surface area contributed by atoms with Gasteiger partial charge in [0.25, 0.3) is 0 Å². The number of fused-ring (bicyclic) bond motifs is 3. The second kappa shape index (κ2) is 8.54. The van der Waals surface area contributed by atoms with Crippen LogP contribution in [0.25, 0.3) is 11.0 Å². The zero-order valence-electron chi connectivity index (χ0n) is 19.0. The van der Waals surface area contributed by atoms with Crippen molar-refractivity contribution in [1.29, 1.82) is 0 Å². The molecule has 0 spiro atoms. The molecule has 7 heteroatoms. The Balaban J connectivity index is 1.65. The van der Waals surface area contributed by atoms with Crippen LogP contribution >= 0.6 is 0 Å². The molecule has 172 valence electrons. The summed E-state index contributed by atoms with van der Waals surface area (Å²) >= 11 is 0. The summed E-state index contributed by atoms with van der Waals surface area (Å²) in [5, 5.41) is 9.56. The van der Waals surface area contributed by atoms with Crippen molar-refractivity contribution in [3.63, 3.8) is 0 Å². The van der Waals surface area contributed by atoms with Gasteiger partial charge in [0.15, 0.2) is 0 Å². The number of hydrogen-bond donors (Lipinski definition) is 1. The van der Waals surface area contributed by atoms with E-state index >= 15 is 0 Å². The predicted octanol–water partition coefficient (Wildman–Crippen LogP) is 4.96. The number of carbonyl (C=O) groups excluding carboxylic acids is 1. The number of carbonyl (C=O) groups is 2. The lowest BCUT2D eigenvalue weighted by Crippen LogP contribution is -2.42. The van der Waals surface area contributed by atoms with Gasteiger partial charge in [0.1, 0.15) is 5.82 Å². The smallest absolute Gasteiger partial charge is 0.414 e. The number of anilines is 1. The molecule has 2 aliphatic rings. The van der Waals surface area contributed by atoms with Crippen LogP contribution in [0.1, 0.15) is 55.6 Å². The zero-order valence-corrected chi connectivity index (χ0v) is 19.0. The second-order valence-electron chi connectivity index (χ2n) is 9.22. The molecule has 0 radical (unpaired) electrons. The number of carboxylic acids is 1. The maximum absolute atomic E-state index is 12.5. The fraction of sp³-hybridized carbons (Fsp3) is 0.423. The van der Waals surface area contributed by atoms with Gasteiger partial charge in [-0.3, -0.25) is 9.69 Å². The number of rotatable bonds is 4. The number of carboxylic acid groups (broad SMARTS) is 1. The van der Waals surface area contributed by atoms with Crippen LogP contribution < -0.4 is 4.90 Å². The minimum atomic E-state index is -0.716. The van der Waals surface area contributed by atoms with Crippen LogP contribution in [0.4, 0.5) is 10.5 Å². The fourth-order valence-corrected chi connectivity index (χ4v) is 5.55. The first-order chi connectivity index (χ1) is 16.0. The molecule has 0 bridgehead atoms. The van der Waals surface area contributed by atoms with Crippen molar-refractivity contribution in [3.05, 3.63) is 59.4 Å². The van der Waals surface area contributed by atoms with E-state index in [0.717, 1.165) is 47.4 Å². The molecular weight excluding hydrogens is 418 g/mol. The van der Waals surface area contributed by atoms with Crippen LogP contribution in [0.5, 0.6) is 0 Å². The molecule has 2 aromatic carbocycles. The van der Waals surface area contributed by atoms with Crippen molar-refractivity contribution in [2.24, 2.45) is 5.92 Å². The van der Waals surface area contributed by atoms with Crippen LogP contribution in [-0.4, -0.2) is 39.9 Å². The highest BCUT2D eigenvalue weighted by Crippen LogP contribution is 2.41. The number of benzene rings is 2. The number of hydrogen-bond acceptors (Lipinski definition) is 4. The van der Waals surface area contributed by atoms with Crippen LogP contribution in [0.3, 0.4) is 0 Å². The number of imidazole rings is 1. The van der Waals surface area contributed by atoms with Gasteiger partial charge in [-0.05, 0) is 56.7 Å². The molecule has 1 saturated carbocycles. The summed E-state index contributed by atoms with van der Waals surface area (Å²) in [5.74, 6) is -0.0826. The van der Waals surface area contributed by atoms with Crippen LogP contribution in [0.2, 0.25) is 0 Å². The Hall–Kier alpha value is -3.35. The molecule has 1 N–H and O–H groups in total. The minimum absolute atomic E-state index is 0.0550. The summed E-state index contributed by atoms with van der Waals surface area (Å²) in [5.41, 5.74) is 5.03. The summed E-state index contributed by atoms with van der Waals surface area (Å²) in [4.78, 5) is 31.0. The molecule has 0 unspecified atom stereocenters. The maximum Gasteiger partial charge on any atom is 0.414 e. The summed E-state index contributed by atoms with van der Waals surface area (Å²) in [7, 11) is 1.41. The SMILES string of the molecule is COC(=O)N1c2ccc3c(nc(Cc4ccccc4)n3[C@@H]3CC[C@H](C(=O)O)C3)c2CC[C@@H]1C. The van der Waals surface area contributed by atoms with Gasteiger partial charge < -0.3 is 14.4 Å². The normalized spacial score (nSPS) is 22.4. The summed E-state index contributed by atoms with van der Waals surface area (Å²) in [6, 6.07) is 14.4. The first kappa shape index (κ1) is 21.5. The van der Waals surface area contributed by atoms with E-state index in [1.807, 2.05) is 37.3 Å². The molecule has 1 aliphatic heterocycles.